The van der Waals surface area contributed by atoms with Crippen molar-refractivity contribution in [1.29, 1.82) is 0 Å². The van der Waals surface area contributed by atoms with Gasteiger partial charge in [-0.15, -0.1) is 0 Å². The van der Waals surface area contributed by atoms with Crippen molar-refractivity contribution in [2.45, 2.75) is 31.7 Å². The van der Waals surface area contributed by atoms with Gasteiger partial charge in [0.25, 0.3) is 5.91 Å². The molecule has 1 aliphatic carbocycles. The molecule has 1 aromatic carbocycles. The van der Waals surface area contributed by atoms with E-state index in [0.717, 1.165) is 37.4 Å². The van der Waals surface area contributed by atoms with Crippen LogP contribution in [0.5, 0.6) is 0 Å². The molecule has 1 amide bonds. The minimum atomic E-state index is -0.561. The highest BCUT2D eigenvalue weighted by Gasteiger charge is 2.23. The summed E-state index contributed by atoms with van der Waals surface area (Å²) < 4.78 is 16.3. The van der Waals surface area contributed by atoms with Gasteiger partial charge in [-0.05, 0) is 31.7 Å². The lowest BCUT2D eigenvalue weighted by Crippen LogP contribution is -2.19. The summed E-state index contributed by atoms with van der Waals surface area (Å²) in [6.07, 6.45) is 10.5. The molecule has 8 heteroatoms. The highest BCUT2D eigenvalue weighted by atomic mass is 19.1. The number of nitrogens with one attached hydrogen (secondary N) is 1. The van der Waals surface area contributed by atoms with Gasteiger partial charge in [0.15, 0.2) is 0 Å². The second kappa shape index (κ2) is 7.22. The lowest BCUT2D eigenvalue weighted by atomic mass is 9.87. The van der Waals surface area contributed by atoms with E-state index in [1.54, 1.807) is 6.07 Å². The Morgan fingerprint density at radius 2 is 2.04 bits per heavy atom. The summed E-state index contributed by atoms with van der Waals surface area (Å²) in [6, 6.07) is 3.09. The molecule has 0 atom stereocenters. The first-order chi connectivity index (χ1) is 13.1. The molecule has 0 radical (unpaired) electrons. The van der Waals surface area contributed by atoms with E-state index < -0.39 is 11.7 Å². The van der Waals surface area contributed by atoms with Gasteiger partial charge in [0.2, 0.25) is 0 Å². The van der Waals surface area contributed by atoms with Crippen LogP contribution in [0.25, 0.3) is 10.9 Å². The van der Waals surface area contributed by atoms with Crippen LogP contribution in [0, 0.1) is 11.7 Å². The topological polar surface area (TPSA) is 89.8 Å². The van der Waals surface area contributed by atoms with E-state index in [1.165, 1.54) is 24.7 Å². The molecule has 0 aliphatic heterocycles. The average molecular weight is 367 g/mol. The van der Waals surface area contributed by atoms with Gasteiger partial charge in [0.1, 0.15) is 17.8 Å². The van der Waals surface area contributed by atoms with Crippen molar-refractivity contribution >= 4 is 28.8 Å². The maximum Gasteiger partial charge on any atom is 0.275 e. The van der Waals surface area contributed by atoms with Crippen molar-refractivity contribution in [2.24, 2.45) is 5.92 Å². The Hall–Kier alpha value is -3.16. The third-order valence-electron chi connectivity index (χ3n) is 4.96. The van der Waals surface area contributed by atoms with E-state index >= 15 is 0 Å². The molecule has 0 unspecified atom stereocenters. The zero-order valence-electron chi connectivity index (χ0n) is 14.5. The third-order valence-corrected chi connectivity index (χ3v) is 4.96. The summed E-state index contributed by atoms with van der Waals surface area (Å²) in [7, 11) is 0. The van der Waals surface area contributed by atoms with Gasteiger partial charge in [-0.3, -0.25) is 14.5 Å². The van der Waals surface area contributed by atoms with Crippen LogP contribution in [0.4, 0.5) is 10.1 Å². The van der Waals surface area contributed by atoms with Gasteiger partial charge < -0.3 is 10.1 Å². The average Bonchev–Trinajstić information content (AvgIpc) is 3.11. The Labute approximate surface area is 154 Å². The zero-order valence-corrected chi connectivity index (χ0v) is 14.5. The number of rotatable bonds is 4. The van der Waals surface area contributed by atoms with Crippen LogP contribution in [0.1, 0.15) is 42.2 Å². The first-order valence-electron chi connectivity index (χ1n) is 8.85. The number of amides is 1. The Kier molecular flexibility index (Phi) is 4.62. The van der Waals surface area contributed by atoms with E-state index in [4.69, 9.17) is 0 Å². The summed E-state index contributed by atoms with van der Waals surface area (Å²) in [5.41, 5.74) is 0.713. The number of fused-ring (bicyclic) bond motifs is 1. The van der Waals surface area contributed by atoms with Gasteiger partial charge in [0.05, 0.1) is 23.4 Å². The monoisotopic (exact) mass is 367 g/mol. The van der Waals surface area contributed by atoms with E-state index in [-0.39, 0.29) is 23.3 Å². The second-order valence-electron chi connectivity index (χ2n) is 6.75. The van der Waals surface area contributed by atoms with Crippen LogP contribution in [-0.2, 0) is 4.79 Å². The number of benzene rings is 1. The Balaban J connectivity index is 1.56. The number of hydrogen-bond acceptors (Lipinski definition) is 5. The first kappa shape index (κ1) is 17.3. The number of aromatic nitrogens is 4. The predicted octanol–water partition coefficient (Wildman–Crippen LogP) is 3.15. The first-order valence-corrected chi connectivity index (χ1v) is 8.85. The summed E-state index contributed by atoms with van der Waals surface area (Å²) in [5.74, 6) is -0.956. The summed E-state index contributed by atoms with van der Waals surface area (Å²) in [5, 5.41) is 7.75. The molecule has 2 heterocycles. The predicted molar refractivity (Wildman–Crippen MR) is 96.7 cm³/mol. The normalized spacial score (nSPS) is 19.7. The number of aldehydes is 1. The summed E-state index contributed by atoms with van der Waals surface area (Å²) in [6.45, 7) is 0. The van der Waals surface area contributed by atoms with Crippen molar-refractivity contribution < 1.29 is 14.0 Å². The molecule has 0 bridgehead atoms. The van der Waals surface area contributed by atoms with Crippen LogP contribution < -0.4 is 5.32 Å². The zero-order chi connectivity index (χ0) is 18.8. The molecule has 1 saturated carbocycles. The standard InChI is InChI=1S/C19H18FN5O2/c20-15-8-16-13(7-17(15)23-19(27)18-9-21-5-6-22-18)10-25(24-16)14-3-1-12(11-26)2-4-14/h5-12,14H,1-4H2,(H,23,27). The third kappa shape index (κ3) is 3.55. The molecule has 1 aliphatic rings. The van der Waals surface area contributed by atoms with Gasteiger partial charge in [-0.2, -0.15) is 5.10 Å². The molecule has 0 saturated heterocycles. The lowest BCUT2D eigenvalue weighted by Gasteiger charge is -2.25. The summed E-state index contributed by atoms with van der Waals surface area (Å²) in [4.78, 5) is 30.8. The smallest absolute Gasteiger partial charge is 0.275 e. The van der Waals surface area contributed by atoms with E-state index in [9.17, 15) is 14.0 Å². The molecule has 27 heavy (non-hydrogen) atoms. The van der Waals surface area contributed by atoms with E-state index in [1.807, 2.05) is 10.9 Å². The van der Waals surface area contributed by atoms with Crippen LogP contribution in [-0.4, -0.2) is 31.9 Å². The number of nitrogens with zero attached hydrogens (tertiary/aromatic N) is 4. The fraction of sp³-hybridized carbons (Fsp3) is 0.316. The number of carbonyl (C=O) groups excluding carboxylic acids is 2. The molecule has 3 aromatic rings. The molecule has 7 nitrogen and oxygen atoms in total. The molecular weight excluding hydrogens is 349 g/mol. The Bertz CT molecular complexity index is 980. The lowest BCUT2D eigenvalue weighted by molar-refractivity contribution is -0.112. The van der Waals surface area contributed by atoms with Crippen molar-refractivity contribution in [2.75, 3.05) is 5.32 Å². The maximum absolute atomic E-state index is 14.4. The highest BCUT2D eigenvalue weighted by Crippen LogP contribution is 2.32. The number of anilines is 1. The van der Waals surface area contributed by atoms with E-state index in [0.29, 0.717) is 5.52 Å². The van der Waals surface area contributed by atoms with Gasteiger partial charge in [0, 0.05) is 36.0 Å². The van der Waals surface area contributed by atoms with Gasteiger partial charge >= 0.3 is 0 Å². The fourth-order valence-corrected chi connectivity index (χ4v) is 3.45. The fourth-order valence-electron chi connectivity index (χ4n) is 3.45. The molecular formula is C19H18FN5O2. The SMILES string of the molecule is O=CC1CCC(n2cc3cc(NC(=O)c4cnccn4)c(F)cc3n2)CC1. The van der Waals surface area contributed by atoms with Crippen molar-refractivity contribution in [3.8, 4) is 0 Å². The van der Waals surface area contributed by atoms with Crippen LogP contribution in [0.15, 0.2) is 36.9 Å². The highest BCUT2D eigenvalue weighted by molar-refractivity contribution is 6.03. The summed E-state index contributed by atoms with van der Waals surface area (Å²) >= 11 is 0. The Morgan fingerprint density at radius 3 is 2.74 bits per heavy atom. The maximum atomic E-state index is 14.4. The quantitative estimate of drug-likeness (QED) is 0.716. The largest absolute Gasteiger partial charge is 0.318 e. The van der Waals surface area contributed by atoms with E-state index in [2.05, 4.69) is 20.4 Å². The van der Waals surface area contributed by atoms with Crippen LogP contribution in [0.3, 0.4) is 0 Å². The molecule has 0 spiro atoms. The molecule has 1 N–H and O–H groups in total. The van der Waals surface area contributed by atoms with Crippen molar-refractivity contribution in [1.82, 2.24) is 19.7 Å². The Morgan fingerprint density at radius 1 is 1.22 bits per heavy atom. The number of hydrogen-bond donors (Lipinski definition) is 1. The number of halogens is 1. The minimum absolute atomic E-state index is 0.0716. The molecule has 138 valence electrons. The second-order valence-corrected chi connectivity index (χ2v) is 6.75. The molecule has 4 rings (SSSR count). The molecule has 2 aromatic heterocycles. The van der Waals surface area contributed by atoms with Crippen molar-refractivity contribution in [3.63, 3.8) is 0 Å². The number of carbonyl (C=O) groups is 2. The minimum Gasteiger partial charge on any atom is -0.318 e. The van der Waals surface area contributed by atoms with Gasteiger partial charge in [-0.25, -0.2) is 9.37 Å². The van der Waals surface area contributed by atoms with Crippen LogP contribution in [0.2, 0.25) is 0 Å². The van der Waals surface area contributed by atoms with Gasteiger partial charge in [-0.1, -0.05) is 0 Å². The molecule has 1 fully saturated rings. The van der Waals surface area contributed by atoms with Crippen LogP contribution >= 0.6 is 0 Å². The van der Waals surface area contributed by atoms with Crippen molar-refractivity contribution in [3.05, 3.63) is 48.4 Å².